The Balaban J connectivity index is 1.40. The molecule has 174 valence electrons. The van der Waals surface area contributed by atoms with Gasteiger partial charge in [0.05, 0.1) is 5.57 Å². The van der Waals surface area contributed by atoms with E-state index in [1.165, 1.54) is 5.56 Å². The van der Waals surface area contributed by atoms with E-state index in [9.17, 15) is 9.36 Å². The molecule has 1 amide bonds. The Hall–Kier alpha value is -3.23. The Labute approximate surface area is 202 Å². The minimum Gasteiger partial charge on any atom is -0.488 e. The van der Waals surface area contributed by atoms with Gasteiger partial charge in [0.2, 0.25) is 0 Å². The fourth-order valence-corrected chi connectivity index (χ4v) is 5.31. The zero-order valence-electron chi connectivity index (χ0n) is 19.8. The highest BCUT2D eigenvalue weighted by Crippen LogP contribution is 2.32. The lowest BCUT2D eigenvalue weighted by atomic mass is 9.99. The highest BCUT2D eigenvalue weighted by molar-refractivity contribution is 7.43. The van der Waals surface area contributed by atoms with Crippen molar-refractivity contribution in [3.63, 3.8) is 0 Å². The van der Waals surface area contributed by atoms with E-state index in [2.05, 4.69) is 49.5 Å². The zero-order valence-corrected chi connectivity index (χ0v) is 20.7. The normalized spacial score (nSPS) is 12.9. The van der Waals surface area contributed by atoms with E-state index in [4.69, 9.17) is 4.74 Å². The topological polar surface area (TPSA) is 55.4 Å². The van der Waals surface area contributed by atoms with E-state index in [1.54, 1.807) is 0 Å². The van der Waals surface area contributed by atoms with Crippen LogP contribution in [0.5, 0.6) is 5.75 Å². The number of nitrogens with one attached hydrogen (secondary N) is 1. The summed E-state index contributed by atoms with van der Waals surface area (Å²) in [6.07, 6.45) is 6.56. The van der Waals surface area contributed by atoms with Crippen molar-refractivity contribution in [2.75, 3.05) is 18.1 Å². The van der Waals surface area contributed by atoms with Crippen molar-refractivity contribution >= 4 is 25.5 Å². The van der Waals surface area contributed by atoms with Crippen molar-refractivity contribution in [2.24, 2.45) is 0 Å². The van der Waals surface area contributed by atoms with Crippen molar-refractivity contribution in [3.8, 4) is 16.9 Å². The van der Waals surface area contributed by atoms with Gasteiger partial charge in [0, 0.05) is 11.3 Å². The highest BCUT2D eigenvalue weighted by Gasteiger charge is 2.19. The number of carbonyl (C=O) groups excluding carboxylic acids is 1. The zero-order chi connectivity index (χ0) is 23.9. The Morgan fingerprint density at radius 3 is 2.44 bits per heavy atom. The Morgan fingerprint density at radius 1 is 0.971 bits per heavy atom. The maximum Gasteiger partial charge on any atom is 0.343 e. The van der Waals surface area contributed by atoms with Gasteiger partial charge < -0.3 is 10.1 Å². The molecule has 0 bridgehead atoms. The number of hydrogen-bond donors (Lipinski definition) is 1. The van der Waals surface area contributed by atoms with Crippen LogP contribution in [0.2, 0.25) is 0 Å². The van der Waals surface area contributed by atoms with Crippen molar-refractivity contribution in [1.29, 1.82) is 0 Å². The summed E-state index contributed by atoms with van der Waals surface area (Å²) in [6.45, 7) is 4.46. The summed E-state index contributed by atoms with van der Waals surface area (Å²) in [6, 6.07) is 22.1. The van der Waals surface area contributed by atoms with Crippen molar-refractivity contribution in [3.05, 3.63) is 89.0 Å². The third-order valence-corrected chi connectivity index (χ3v) is 7.51. The number of unbranched alkanes of at least 4 members (excludes halogenated alkanes) is 2. The number of anilines is 1. The molecule has 34 heavy (non-hydrogen) atoms. The molecule has 1 unspecified atom stereocenters. The van der Waals surface area contributed by atoms with Gasteiger partial charge in [-0.25, -0.2) is 0 Å². The van der Waals surface area contributed by atoms with Crippen LogP contribution >= 0.6 is 7.80 Å². The Kier molecular flexibility index (Phi) is 7.92. The molecule has 1 aliphatic heterocycles. The third kappa shape index (κ3) is 6.21. The molecule has 1 N–H and O–H groups in total. The lowest BCUT2D eigenvalue weighted by Gasteiger charge is -2.18. The second kappa shape index (κ2) is 11.3. The maximum absolute atomic E-state index is 12.9. The lowest BCUT2D eigenvalue weighted by Crippen LogP contribution is -2.21. The third-order valence-electron chi connectivity index (χ3n) is 5.98. The maximum atomic E-state index is 12.9. The van der Waals surface area contributed by atoms with E-state index in [-0.39, 0.29) is 12.5 Å². The number of benzene rings is 3. The van der Waals surface area contributed by atoms with Gasteiger partial charge in [0.15, 0.2) is 6.16 Å². The minimum atomic E-state index is -1.21. The second-order valence-corrected chi connectivity index (χ2v) is 10.5. The molecule has 0 aromatic heterocycles. The van der Waals surface area contributed by atoms with Crippen LogP contribution in [0.3, 0.4) is 0 Å². The van der Waals surface area contributed by atoms with Crippen molar-refractivity contribution in [2.45, 2.75) is 39.3 Å². The number of ether oxygens (including phenoxy) is 1. The number of hydrogen-bond acceptors (Lipinski definition) is 3. The van der Waals surface area contributed by atoms with Crippen LogP contribution in [0.15, 0.2) is 72.3 Å². The number of amides is 1. The molecule has 0 aliphatic carbocycles. The second-order valence-electron chi connectivity index (χ2n) is 8.80. The molecule has 0 fully saturated rings. The standard InChI is InChI=1S/C29H30NO3P/c1-3-4-5-16-34(32)20-22-8-13-27(14-9-22)30-29(31)26-18-25-17-24(12-15-28(25)33-19-26)23-10-6-21(2)7-11-23/h6-15,17-18H,3-5,16,19-20H2,1-2H3/p+1. The van der Waals surface area contributed by atoms with Crippen molar-refractivity contribution in [1.82, 2.24) is 0 Å². The fraction of sp³-hybridized carbons (Fsp3) is 0.276. The number of carbonyl (C=O) groups is 1. The molecule has 0 radical (unpaired) electrons. The summed E-state index contributed by atoms with van der Waals surface area (Å²) in [5, 5.41) is 2.96. The van der Waals surface area contributed by atoms with E-state index in [0.29, 0.717) is 11.7 Å². The van der Waals surface area contributed by atoms with Gasteiger partial charge in [-0.2, -0.15) is 0 Å². The first-order valence-corrected chi connectivity index (χ1v) is 13.5. The summed E-state index contributed by atoms with van der Waals surface area (Å²) < 4.78 is 18.1. The number of rotatable bonds is 9. The van der Waals surface area contributed by atoms with E-state index in [1.807, 2.05) is 42.5 Å². The van der Waals surface area contributed by atoms with Crippen LogP contribution < -0.4 is 10.1 Å². The van der Waals surface area contributed by atoms with Gasteiger partial charge in [-0.3, -0.25) is 4.79 Å². The van der Waals surface area contributed by atoms with Crippen LogP contribution in [-0.4, -0.2) is 18.7 Å². The minimum absolute atomic E-state index is 0.176. The lowest BCUT2D eigenvalue weighted by molar-refractivity contribution is -0.113. The molecule has 0 saturated heterocycles. The van der Waals surface area contributed by atoms with E-state index in [0.717, 1.165) is 59.1 Å². The monoisotopic (exact) mass is 472 g/mol. The van der Waals surface area contributed by atoms with Gasteiger partial charge in [-0.05, 0) is 66.8 Å². The summed E-state index contributed by atoms with van der Waals surface area (Å²) in [5.74, 6) is 0.606. The molecule has 0 spiro atoms. The molecular formula is C29H31NO3P+. The van der Waals surface area contributed by atoms with Gasteiger partial charge in [-0.1, -0.05) is 65.9 Å². The van der Waals surface area contributed by atoms with Crippen molar-refractivity contribution < 1.29 is 14.1 Å². The largest absolute Gasteiger partial charge is 0.488 e. The van der Waals surface area contributed by atoms with Gasteiger partial charge >= 0.3 is 7.80 Å². The number of fused-ring (bicyclic) bond motifs is 1. The molecule has 1 aliphatic rings. The quantitative estimate of drug-likeness (QED) is 0.258. The van der Waals surface area contributed by atoms with E-state index >= 15 is 0 Å². The van der Waals surface area contributed by atoms with Gasteiger partial charge in [-0.15, -0.1) is 0 Å². The molecule has 1 heterocycles. The summed E-state index contributed by atoms with van der Waals surface area (Å²) in [4.78, 5) is 12.9. The average molecular weight is 473 g/mol. The predicted octanol–water partition coefficient (Wildman–Crippen LogP) is 7.59. The molecule has 4 rings (SSSR count). The van der Waals surface area contributed by atoms with Gasteiger partial charge in [0.1, 0.15) is 18.5 Å². The molecule has 3 aromatic carbocycles. The Morgan fingerprint density at radius 2 is 1.71 bits per heavy atom. The average Bonchev–Trinajstić information content (AvgIpc) is 2.85. The summed E-state index contributed by atoms with van der Waals surface area (Å²) >= 11 is 0. The van der Waals surface area contributed by atoms with Crippen LogP contribution in [-0.2, 0) is 15.5 Å². The fourth-order valence-electron chi connectivity index (χ4n) is 3.96. The van der Waals surface area contributed by atoms with Crippen LogP contribution in [0.1, 0.15) is 42.9 Å². The molecule has 5 heteroatoms. The first-order chi connectivity index (χ1) is 16.5. The predicted molar refractivity (Wildman–Crippen MR) is 141 cm³/mol. The SMILES string of the molecule is CCCCC[P+](=O)Cc1ccc(NC(=O)C2=Cc3cc(-c4ccc(C)cc4)ccc3OC2)cc1. The molecule has 3 aromatic rings. The molecule has 1 atom stereocenters. The first kappa shape index (κ1) is 23.9. The highest BCUT2D eigenvalue weighted by atomic mass is 31.1. The molecular weight excluding hydrogens is 441 g/mol. The smallest absolute Gasteiger partial charge is 0.343 e. The molecule has 4 nitrogen and oxygen atoms in total. The summed E-state index contributed by atoms with van der Waals surface area (Å²) in [5.41, 5.74) is 6.67. The van der Waals surface area contributed by atoms with E-state index < -0.39 is 7.80 Å². The molecule has 0 saturated carbocycles. The van der Waals surface area contributed by atoms with Crippen LogP contribution in [0.4, 0.5) is 5.69 Å². The first-order valence-electron chi connectivity index (χ1n) is 11.9. The van der Waals surface area contributed by atoms with Crippen LogP contribution in [0.25, 0.3) is 17.2 Å². The van der Waals surface area contributed by atoms with Gasteiger partial charge in [0.25, 0.3) is 5.91 Å². The van der Waals surface area contributed by atoms with Crippen LogP contribution in [0, 0.1) is 6.92 Å². The Bertz CT molecular complexity index is 1200. The number of aryl methyl sites for hydroxylation is 1. The summed E-state index contributed by atoms with van der Waals surface area (Å²) in [7, 11) is -1.21.